The van der Waals surface area contributed by atoms with Gasteiger partial charge in [-0.2, -0.15) is 0 Å². The van der Waals surface area contributed by atoms with Crippen LogP contribution in [-0.4, -0.2) is 15.8 Å². The quantitative estimate of drug-likeness (QED) is 0.589. The highest BCUT2D eigenvalue weighted by atomic mass is 35.5. The number of non-ortho nitro benzene ring substituents is 1. The van der Waals surface area contributed by atoms with Crippen molar-refractivity contribution < 1.29 is 14.1 Å². The maximum atomic E-state index is 11.5. The van der Waals surface area contributed by atoms with Gasteiger partial charge in [-0.3, -0.25) is 14.9 Å². The van der Waals surface area contributed by atoms with Crippen LogP contribution in [0.15, 0.2) is 40.8 Å². The molecule has 0 bridgehead atoms. The van der Waals surface area contributed by atoms with Crippen molar-refractivity contribution in [2.75, 3.05) is 0 Å². The summed E-state index contributed by atoms with van der Waals surface area (Å²) in [6.45, 7) is 0. The number of halogens is 1. The lowest BCUT2D eigenvalue weighted by Gasteiger charge is -1.98. The molecule has 0 atom stereocenters. The highest BCUT2D eigenvalue weighted by Crippen LogP contribution is 2.32. The fourth-order valence-corrected chi connectivity index (χ4v) is 2.27. The van der Waals surface area contributed by atoms with Crippen molar-refractivity contribution in [2.45, 2.75) is 0 Å². The van der Waals surface area contributed by atoms with E-state index in [1.54, 1.807) is 24.3 Å². The molecule has 3 aromatic rings. The molecule has 1 amide bonds. The number of carbonyl (C=O) groups is 1. The van der Waals surface area contributed by atoms with Crippen LogP contribution in [0.2, 0.25) is 5.02 Å². The second kappa shape index (κ2) is 5.12. The number of aromatic nitrogens is 1. The van der Waals surface area contributed by atoms with Crippen LogP contribution in [0.1, 0.15) is 10.4 Å². The Morgan fingerprint density at radius 3 is 2.68 bits per heavy atom. The van der Waals surface area contributed by atoms with Gasteiger partial charge in [0.1, 0.15) is 5.52 Å². The molecule has 0 saturated carbocycles. The zero-order valence-electron chi connectivity index (χ0n) is 10.9. The summed E-state index contributed by atoms with van der Waals surface area (Å²) in [7, 11) is 0. The molecule has 8 heteroatoms. The van der Waals surface area contributed by atoms with Crippen molar-refractivity contribution in [3.8, 4) is 11.5 Å². The molecule has 0 aliphatic heterocycles. The number of primary amides is 1. The Labute approximate surface area is 128 Å². The van der Waals surface area contributed by atoms with E-state index in [1.807, 2.05) is 0 Å². The van der Waals surface area contributed by atoms with Crippen molar-refractivity contribution in [2.24, 2.45) is 5.73 Å². The van der Waals surface area contributed by atoms with Crippen LogP contribution in [0.3, 0.4) is 0 Å². The lowest BCUT2D eigenvalue weighted by Crippen LogP contribution is -2.11. The highest BCUT2D eigenvalue weighted by Gasteiger charge is 2.21. The molecule has 0 aliphatic rings. The molecule has 110 valence electrons. The molecule has 0 saturated heterocycles. The maximum Gasteiger partial charge on any atom is 0.272 e. The van der Waals surface area contributed by atoms with Crippen molar-refractivity contribution >= 4 is 34.3 Å². The lowest BCUT2D eigenvalue weighted by atomic mass is 10.1. The average Bonchev–Trinajstić information content (AvgIpc) is 2.89. The first-order valence-corrected chi connectivity index (χ1v) is 6.49. The normalized spacial score (nSPS) is 10.8. The zero-order valence-corrected chi connectivity index (χ0v) is 11.7. The summed E-state index contributed by atoms with van der Waals surface area (Å²) in [5.74, 6) is -0.681. The molecule has 0 unspecified atom stereocenters. The minimum absolute atomic E-state index is 0.0908. The molecule has 0 fully saturated rings. The van der Waals surface area contributed by atoms with Gasteiger partial charge >= 0.3 is 0 Å². The molecule has 2 N–H and O–H groups in total. The van der Waals surface area contributed by atoms with Gasteiger partial charge in [-0.1, -0.05) is 23.7 Å². The molecule has 0 radical (unpaired) electrons. The summed E-state index contributed by atoms with van der Waals surface area (Å²) in [6.07, 6.45) is 0. The van der Waals surface area contributed by atoms with Crippen LogP contribution in [0.5, 0.6) is 0 Å². The highest BCUT2D eigenvalue weighted by molar-refractivity contribution is 6.33. The number of hydrogen-bond donors (Lipinski definition) is 1. The Balaban J connectivity index is 2.29. The van der Waals surface area contributed by atoms with E-state index in [0.29, 0.717) is 10.6 Å². The minimum atomic E-state index is -0.837. The van der Waals surface area contributed by atoms with Crippen molar-refractivity contribution in [3.05, 3.63) is 57.1 Å². The standard InChI is InChI=1S/C14H8ClN3O4/c15-10-4-2-1-3-8(10)14-17-11-6-7(18(20)21)5-9(13(16)19)12(11)22-14/h1-6H,(H2,16,19). The molecule has 22 heavy (non-hydrogen) atoms. The van der Waals surface area contributed by atoms with Gasteiger partial charge in [0.25, 0.3) is 11.6 Å². The van der Waals surface area contributed by atoms with Crippen LogP contribution >= 0.6 is 11.6 Å². The van der Waals surface area contributed by atoms with Crippen molar-refractivity contribution in [1.29, 1.82) is 0 Å². The van der Waals surface area contributed by atoms with Gasteiger partial charge in [-0.05, 0) is 12.1 Å². The molecular weight excluding hydrogens is 310 g/mol. The smallest absolute Gasteiger partial charge is 0.272 e. The second-order valence-electron chi connectivity index (χ2n) is 4.46. The Bertz CT molecular complexity index is 920. The Morgan fingerprint density at radius 2 is 2.05 bits per heavy atom. The Hall–Kier alpha value is -2.93. The topological polar surface area (TPSA) is 112 Å². The molecule has 3 rings (SSSR count). The molecule has 7 nitrogen and oxygen atoms in total. The van der Waals surface area contributed by atoms with E-state index in [2.05, 4.69) is 4.98 Å². The lowest BCUT2D eigenvalue weighted by molar-refractivity contribution is -0.384. The molecule has 1 heterocycles. The average molecular weight is 318 g/mol. The van der Waals surface area contributed by atoms with Gasteiger partial charge in [-0.25, -0.2) is 4.98 Å². The van der Waals surface area contributed by atoms with E-state index in [9.17, 15) is 14.9 Å². The number of hydrogen-bond acceptors (Lipinski definition) is 5. The summed E-state index contributed by atoms with van der Waals surface area (Å²) in [5.41, 5.74) is 5.63. The summed E-state index contributed by atoms with van der Waals surface area (Å²) in [5, 5.41) is 11.3. The van der Waals surface area contributed by atoms with Gasteiger partial charge < -0.3 is 10.2 Å². The van der Waals surface area contributed by atoms with Gasteiger partial charge in [0.15, 0.2) is 5.58 Å². The fourth-order valence-electron chi connectivity index (χ4n) is 2.06. The van der Waals surface area contributed by atoms with Gasteiger partial charge in [0, 0.05) is 12.1 Å². The van der Waals surface area contributed by atoms with E-state index >= 15 is 0 Å². The molecule has 0 aliphatic carbocycles. The number of benzene rings is 2. The number of nitrogens with two attached hydrogens (primary N) is 1. The predicted molar refractivity (Wildman–Crippen MR) is 79.6 cm³/mol. The first kappa shape index (κ1) is 14.0. The summed E-state index contributed by atoms with van der Waals surface area (Å²) >= 11 is 6.07. The third-order valence-corrected chi connectivity index (χ3v) is 3.38. The third-order valence-electron chi connectivity index (χ3n) is 3.06. The molecule has 1 aromatic heterocycles. The zero-order chi connectivity index (χ0) is 15.9. The van der Waals surface area contributed by atoms with Gasteiger partial charge in [-0.15, -0.1) is 0 Å². The van der Waals surface area contributed by atoms with Crippen LogP contribution < -0.4 is 5.73 Å². The third kappa shape index (κ3) is 2.27. The molecular formula is C14H8ClN3O4. The summed E-state index contributed by atoms with van der Waals surface area (Å²) in [6, 6.07) is 9.11. The first-order valence-electron chi connectivity index (χ1n) is 6.11. The van der Waals surface area contributed by atoms with Crippen LogP contribution in [0, 0.1) is 10.1 Å². The number of nitrogens with zero attached hydrogens (tertiary/aromatic N) is 2. The maximum absolute atomic E-state index is 11.5. The largest absolute Gasteiger partial charge is 0.435 e. The Morgan fingerprint density at radius 1 is 1.32 bits per heavy atom. The number of nitro benzene ring substituents is 1. The number of nitro groups is 1. The number of oxazole rings is 1. The first-order chi connectivity index (χ1) is 10.5. The van der Waals surface area contributed by atoms with Crippen molar-refractivity contribution in [3.63, 3.8) is 0 Å². The fraction of sp³-hybridized carbons (Fsp3) is 0. The second-order valence-corrected chi connectivity index (χ2v) is 4.87. The van der Waals surface area contributed by atoms with E-state index in [1.165, 1.54) is 6.07 Å². The number of rotatable bonds is 3. The molecule has 0 spiro atoms. The summed E-state index contributed by atoms with van der Waals surface area (Å²) in [4.78, 5) is 25.9. The van der Waals surface area contributed by atoms with E-state index in [0.717, 1.165) is 6.07 Å². The van der Waals surface area contributed by atoms with Crippen LogP contribution in [0.4, 0.5) is 5.69 Å². The monoisotopic (exact) mass is 317 g/mol. The number of carbonyl (C=O) groups excluding carboxylic acids is 1. The predicted octanol–water partition coefficient (Wildman–Crippen LogP) is 3.16. The number of amides is 1. The van der Waals surface area contributed by atoms with Crippen LogP contribution in [-0.2, 0) is 0 Å². The van der Waals surface area contributed by atoms with Crippen LogP contribution in [0.25, 0.3) is 22.6 Å². The van der Waals surface area contributed by atoms with E-state index in [4.69, 9.17) is 21.8 Å². The van der Waals surface area contributed by atoms with Gasteiger partial charge in [0.05, 0.1) is 21.1 Å². The summed E-state index contributed by atoms with van der Waals surface area (Å²) < 4.78 is 5.54. The molecule has 2 aromatic carbocycles. The van der Waals surface area contributed by atoms with E-state index < -0.39 is 10.8 Å². The van der Waals surface area contributed by atoms with E-state index in [-0.39, 0.29) is 28.2 Å². The van der Waals surface area contributed by atoms with Crippen molar-refractivity contribution in [1.82, 2.24) is 4.98 Å². The number of fused-ring (bicyclic) bond motifs is 1. The minimum Gasteiger partial charge on any atom is -0.435 e. The SMILES string of the molecule is NC(=O)c1cc([N+](=O)[O-])cc2nc(-c3ccccc3Cl)oc12. The van der Waals surface area contributed by atoms with Gasteiger partial charge in [0.2, 0.25) is 5.89 Å². The Kier molecular flexibility index (Phi) is 3.26.